The number of alkyl halides is 3. The Morgan fingerprint density at radius 2 is 1.90 bits per heavy atom. The number of halogens is 4. The Morgan fingerprint density at radius 1 is 1.05 bits per heavy atom. The number of fused-ring (bicyclic) bond motifs is 3. The Hall–Kier alpha value is -5.20. The van der Waals surface area contributed by atoms with Crippen LogP contribution >= 0.6 is 0 Å². The molecule has 0 spiro atoms. The molecule has 5 heterocycles. The van der Waals surface area contributed by atoms with Gasteiger partial charge >= 0.3 is 6.18 Å². The third-order valence-corrected chi connectivity index (χ3v) is 6.54. The smallest absolute Gasteiger partial charge is 0.369 e. The maximum atomic E-state index is 14.1. The molecule has 1 aromatic carbocycles. The molecule has 1 amide bonds. The molecular formula is C28H20F4N8O. The highest BCUT2D eigenvalue weighted by molar-refractivity contribution is 6.03. The molecule has 0 saturated carbocycles. The van der Waals surface area contributed by atoms with E-state index in [1.54, 1.807) is 24.4 Å². The summed E-state index contributed by atoms with van der Waals surface area (Å²) >= 11 is 0. The van der Waals surface area contributed by atoms with Gasteiger partial charge in [0, 0.05) is 48.5 Å². The first-order chi connectivity index (χ1) is 19.7. The molecule has 3 aromatic rings. The molecule has 0 bridgehead atoms. The molecule has 0 atom stereocenters. The first kappa shape index (κ1) is 26.0. The van der Waals surface area contributed by atoms with Gasteiger partial charge in [0.05, 0.1) is 5.56 Å². The Bertz CT molecular complexity index is 1850. The molecule has 0 fully saturated rings. The third kappa shape index (κ3) is 5.09. The van der Waals surface area contributed by atoms with E-state index < -0.39 is 23.5 Å². The number of rotatable bonds is 4. The fourth-order valence-electron chi connectivity index (χ4n) is 4.59. The molecule has 206 valence electrons. The number of carbonyl (C=O) groups excluding carboxylic acids is 1. The second-order valence-electron chi connectivity index (χ2n) is 9.27. The number of hydrogen-bond acceptors (Lipinski definition) is 7. The van der Waals surface area contributed by atoms with E-state index in [-0.39, 0.29) is 17.1 Å². The number of hydrogen-bond donors (Lipinski definition) is 2. The van der Waals surface area contributed by atoms with Gasteiger partial charge in [-0.25, -0.2) is 14.4 Å². The quantitative estimate of drug-likeness (QED) is 0.292. The second-order valence-corrected chi connectivity index (χ2v) is 9.27. The summed E-state index contributed by atoms with van der Waals surface area (Å²) in [5, 5.41) is 6.01. The van der Waals surface area contributed by atoms with Crippen LogP contribution in [0.5, 0.6) is 0 Å². The van der Waals surface area contributed by atoms with Crippen molar-refractivity contribution in [3.8, 4) is 22.5 Å². The third-order valence-electron chi connectivity index (χ3n) is 6.54. The van der Waals surface area contributed by atoms with Crippen LogP contribution in [-0.2, 0) is 12.7 Å². The van der Waals surface area contributed by atoms with Crippen LogP contribution in [0.2, 0.25) is 0 Å². The molecule has 9 nitrogen and oxygen atoms in total. The lowest BCUT2D eigenvalue weighted by molar-refractivity contribution is -0.137. The fourth-order valence-corrected chi connectivity index (χ4v) is 4.59. The monoisotopic (exact) mass is 560 g/mol. The molecule has 0 aliphatic carbocycles. The minimum absolute atomic E-state index is 0.0635. The van der Waals surface area contributed by atoms with Gasteiger partial charge in [0.1, 0.15) is 17.3 Å². The van der Waals surface area contributed by atoms with Gasteiger partial charge in [-0.2, -0.15) is 23.1 Å². The topological polar surface area (TPSA) is 110 Å². The van der Waals surface area contributed by atoms with Gasteiger partial charge < -0.3 is 15.2 Å². The maximum absolute atomic E-state index is 14.1. The number of aromatic nitrogens is 5. The van der Waals surface area contributed by atoms with Crippen LogP contribution in [0.15, 0.2) is 72.1 Å². The summed E-state index contributed by atoms with van der Waals surface area (Å²) in [5.41, 5.74) is 2.33. The number of anilines is 2. The zero-order valence-electron chi connectivity index (χ0n) is 21.4. The van der Waals surface area contributed by atoms with Crippen LogP contribution in [-0.4, -0.2) is 37.0 Å². The lowest BCUT2D eigenvalue weighted by Gasteiger charge is -2.19. The Balaban J connectivity index is 1.38. The van der Waals surface area contributed by atoms with Crippen LogP contribution in [0.3, 0.4) is 0 Å². The zero-order chi connectivity index (χ0) is 28.7. The van der Waals surface area contributed by atoms with Crippen molar-refractivity contribution >= 4 is 23.2 Å². The van der Waals surface area contributed by atoms with Gasteiger partial charge in [0.15, 0.2) is 11.6 Å². The van der Waals surface area contributed by atoms with E-state index in [0.717, 1.165) is 34.8 Å². The summed E-state index contributed by atoms with van der Waals surface area (Å²) in [5.74, 6) is -0.0968. The Kier molecular flexibility index (Phi) is 6.40. The predicted molar refractivity (Wildman–Crippen MR) is 142 cm³/mol. The molecule has 2 aromatic heterocycles. The summed E-state index contributed by atoms with van der Waals surface area (Å²) in [6.07, 6.45) is -0.617. The minimum atomic E-state index is -4.59. The lowest BCUT2D eigenvalue weighted by atomic mass is 9.98. The Morgan fingerprint density at radius 3 is 2.71 bits per heavy atom. The first-order valence-corrected chi connectivity index (χ1v) is 12.4. The summed E-state index contributed by atoms with van der Waals surface area (Å²) in [4.78, 5) is 33.5. The maximum Gasteiger partial charge on any atom is 0.416 e. The van der Waals surface area contributed by atoms with E-state index in [2.05, 4.69) is 35.6 Å². The molecule has 41 heavy (non-hydrogen) atoms. The molecule has 13 heteroatoms. The molecule has 2 N–H and O–H groups in total. The van der Waals surface area contributed by atoms with Crippen LogP contribution in [0.25, 0.3) is 22.5 Å². The number of aryl methyl sites for hydroxylation is 1. The SMILES string of the molecule is Cc1ccc(NC(=O)c2cc(C(F)(F)F)ccn2)cc1-c1cc2cnc(=Nc3ncccc3F)nc-2n2c1NCC2. The molecular weight excluding hydrogens is 540 g/mol. The van der Waals surface area contributed by atoms with Crippen molar-refractivity contribution in [1.82, 2.24) is 24.5 Å². The van der Waals surface area contributed by atoms with Crippen molar-refractivity contribution in [2.45, 2.75) is 19.6 Å². The summed E-state index contributed by atoms with van der Waals surface area (Å²) < 4.78 is 55.3. The number of pyridine rings is 3. The predicted octanol–water partition coefficient (Wildman–Crippen LogP) is 5.22. The average Bonchev–Trinajstić information content (AvgIpc) is 3.45. The fraction of sp³-hybridized carbons (Fsp3) is 0.143. The molecule has 6 rings (SSSR count). The first-order valence-electron chi connectivity index (χ1n) is 12.4. The van der Waals surface area contributed by atoms with Crippen molar-refractivity contribution in [2.75, 3.05) is 17.2 Å². The van der Waals surface area contributed by atoms with E-state index in [0.29, 0.717) is 36.2 Å². The van der Waals surface area contributed by atoms with E-state index in [9.17, 15) is 22.4 Å². The molecule has 3 aliphatic heterocycles. The number of nitrogens with one attached hydrogen (secondary N) is 2. The van der Waals surface area contributed by atoms with Crippen molar-refractivity contribution in [2.24, 2.45) is 4.99 Å². The van der Waals surface area contributed by atoms with E-state index >= 15 is 0 Å². The highest BCUT2D eigenvalue weighted by Gasteiger charge is 2.31. The average molecular weight is 561 g/mol. The van der Waals surface area contributed by atoms with Gasteiger partial charge in [-0.3, -0.25) is 9.78 Å². The van der Waals surface area contributed by atoms with Crippen molar-refractivity contribution in [1.29, 1.82) is 0 Å². The van der Waals surface area contributed by atoms with Gasteiger partial charge in [-0.05, 0) is 60.5 Å². The molecule has 0 radical (unpaired) electrons. The van der Waals surface area contributed by atoms with Crippen molar-refractivity contribution in [3.63, 3.8) is 0 Å². The number of benzene rings is 1. The largest absolute Gasteiger partial charge is 0.416 e. The minimum Gasteiger partial charge on any atom is -0.369 e. The van der Waals surface area contributed by atoms with Crippen molar-refractivity contribution in [3.05, 3.63) is 95.4 Å². The van der Waals surface area contributed by atoms with Gasteiger partial charge in [0.25, 0.3) is 11.5 Å². The number of amides is 1. The summed E-state index contributed by atoms with van der Waals surface area (Å²) in [7, 11) is 0. The van der Waals surface area contributed by atoms with E-state index in [4.69, 9.17) is 0 Å². The Labute approximate surface area is 230 Å². The summed E-state index contributed by atoms with van der Waals surface area (Å²) in [6, 6.07) is 11.4. The van der Waals surface area contributed by atoms with Crippen molar-refractivity contribution < 1.29 is 22.4 Å². The normalized spacial score (nSPS) is 13.2. The van der Waals surface area contributed by atoms with Gasteiger partial charge in [-0.15, -0.1) is 0 Å². The zero-order valence-corrected chi connectivity index (χ0v) is 21.4. The van der Waals surface area contributed by atoms with Crippen LogP contribution < -0.4 is 16.3 Å². The van der Waals surface area contributed by atoms with E-state index in [1.807, 2.05) is 17.6 Å². The molecule has 0 saturated heterocycles. The van der Waals surface area contributed by atoms with E-state index in [1.165, 1.54) is 18.3 Å². The van der Waals surface area contributed by atoms with Crippen LogP contribution in [0, 0.1) is 12.7 Å². The van der Waals surface area contributed by atoms with Crippen LogP contribution in [0.1, 0.15) is 21.6 Å². The summed E-state index contributed by atoms with van der Waals surface area (Å²) in [6.45, 7) is 3.14. The second kappa shape index (κ2) is 10.1. The lowest BCUT2D eigenvalue weighted by Crippen LogP contribution is -2.18. The van der Waals surface area contributed by atoms with Gasteiger partial charge in [0.2, 0.25) is 0 Å². The number of nitrogens with zero attached hydrogens (tertiary/aromatic N) is 6. The number of carbonyl (C=O) groups is 1. The highest BCUT2D eigenvalue weighted by atomic mass is 19.4. The van der Waals surface area contributed by atoms with Crippen LogP contribution in [0.4, 0.5) is 34.9 Å². The standard InChI is InChI=1S/C28H20F4N8O/c1-15-4-5-18(37-26(41)22-12-17(6-8-33-22)28(30,31)32)13-19(15)20-11-16-14-36-27(38-23-21(29)3-2-7-34-23)39-24(16)40-10-9-35-25(20)40/h2-8,11-14,35H,9-10H2,1H3,(H,37,41). The highest BCUT2D eigenvalue weighted by Crippen LogP contribution is 2.39. The van der Waals surface area contributed by atoms with Gasteiger partial charge in [-0.1, -0.05) is 6.07 Å². The molecule has 0 unspecified atom stereocenters. The molecule has 3 aliphatic rings.